The highest BCUT2D eigenvalue weighted by Gasteiger charge is 2.34. The number of rotatable bonds is 7. The lowest BCUT2D eigenvalue weighted by molar-refractivity contribution is -0.0854. The Morgan fingerprint density at radius 3 is 1.46 bits per heavy atom. The van der Waals surface area contributed by atoms with E-state index >= 15 is 0 Å². The van der Waals surface area contributed by atoms with E-state index in [0.717, 1.165) is 0 Å². The third-order valence-electron chi connectivity index (χ3n) is 2.29. The molecular weight excluding hydrogens is 176 g/mol. The minimum absolute atomic E-state index is 0.0410. The molecule has 0 rings (SSSR count). The van der Waals surface area contributed by atoms with Gasteiger partial charge in [-0.1, -0.05) is 0 Å². The van der Waals surface area contributed by atoms with Gasteiger partial charge in [0.2, 0.25) is 0 Å². The van der Waals surface area contributed by atoms with Crippen molar-refractivity contribution in [2.75, 3.05) is 26.4 Å². The van der Waals surface area contributed by atoms with Crippen LogP contribution in [0.4, 0.5) is 0 Å². The summed E-state index contributed by atoms with van der Waals surface area (Å²) in [5, 5.41) is 44.8. The van der Waals surface area contributed by atoms with Crippen molar-refractivity contribution in [2.24, 2.45) is 5.92 Å². The summed E-state index contributed by atoms with van der Waals surface area (Å²) in [7, 11) is 0. The minimum atomic E-state index is -1.38. The van der Waals surface area contributed by atoms with E-state index in [1.807, 2.05) is 0 Å². The second-order valence-electron chi connectivity index (χ2n) is 3.11. The first-order valence-corrected chi connectivity index (χ1v) is 4.30. The second kappa shape index (κ2) is 6.28. The Bertz CT molecular complexity index is 118. The maximum Gasteiger partial charge on any atom is 0.0763 e. The van der Waals surface area contributed by atoms with Gasteiger partial charge >= 0.3 is 0 Å². The molecule has 0 aliphatic heterocycles. The van der Waals surface area contributed by atoms with Crippen molar-refractivity contribution in [2.45, 2.75) is 18.4 Å². The van der Waals surface area contributed by atoms with Gasteiger partial charge in [0.15, 0.2) is 0 Å². The van der Waals surface area contributed by atoms with Gasteiger partial charge in [0.25, 0.3) is 0 Å². The molecule has 5 N–H and O–H groups in total. The van der Waals surface area contributed by atoms with E-state index in [0.29, 0.717) is 0 Å². The fourth-order valence-corrected chi connectivity index (χ4v) is 1.32. The van der Waals surface area contributed by atoms with Crippen molar-refractivity contribution in [3.8, 4) is 0 Å². The zero-order valence-electron chi connectivity index (χ0n) is 7.56. The normalized spacial score (nSPS) is 12.5. The van der Waals surface area contributed by atoms with Gasteiger partial charge < -0.3 is 25.5 Å². The summed E-state index contributed by atoms with van der Waals surface area (Å²) in [4.78, 5) is 0. The van der Waals surface area contributed by atoms with Gasteiger partial charge in [-0.3, -0.25) is 0 Å². The number of hydrogen-bond donors (Lipinski definition) is 5. The van der Waals surface area contributed by atoms with Crippen LogP contribution in [0.5, 0.6) is 0 Å². The highest BCUT2D eigenvalue weighted by molar-refractivity contribution is 4.85. The predicted octanol–water partition coefficient (Wildman–Crippen LogP) is -1.92. The molecule has 5 nitrogen and oxygen atoms in total. The van der Waals surface area contributed by atoms with E-state index < -0.39 is 11.5 Å². The maximum absolute atomic E-state index is 9.83. The lowest BCUT2D eigenvalue weighted by atomic mass is 9.83. The third kappa shape index (κ3) is 3.58. The first kappa shape index (κ1) is 12.8. The Kier molecular flexibility index (Phi) is 6.19. The van der Waals surface area contributed by atoms with Gasteiger partial charge in [-0.25, -0.2) is 0 Å². The van der Waals surface area contributed by atoms with Gasteiger partial charge in [-0.2, -0.15) is 0 Å². The zero-order valence-corrected chi connectivity index (χ0v) is 7.56. The Morgan fingerprint density at radius 2 is 1.23 bits per heavy atom. The molecule has 0 aromatic carbocycles. The SMILES string of the molecule is OCCC(O)(CCO)C(CO)CO. The van der Waals surface area contributed by atoms with Gasteiger partial charge in [-0.05, 0) is 12.8 Å². The molecule has 0 aromatic rings. The van der Waals surface area contributed by atoms with Crippen molar-refractivity contribution in [3.05, 3.63) is 0 Å². The Hall–Kier alpha value is -0.200. The molecule has 0 aromatic heterocycles. The van der Waals surface area contributed by atoms with Gasteiger partial charge in [0.1, 0.15) is 0 Å². The van der Waals surface area contributed by atoms with Crippen LogP contribution in [0.15, 0.2) is 0 Å². The molecule has 80 valence electrons. The molecule has 0 atom stereocenters. The Balaban J connectivity index is 4.33. The summed E-state index contributed by atoms with van der Waals surface area (Å²) in [5.41, 5.74) is -1.38. The van der Waals surface area contributed by atoms with Gasteiger partial charge in [-0.15, -0.1) is 0 Å². The van der Waals surface area contributed by atoms with Crippen molar-refractivity contribution >= 4 is 0 Å². The molecule has 0 saturated carbocycles. The molecule has 0 saturated heterocycles. The highest BCUT2D eigenvalue weighted by Crippen LogP contribution is 2.24. The molecule has 0 heterocycles. The van der Waals surface area contributed by atoms with Crippen molar-refractivity contribution < 1.29 is 25.5 Å². The lowest BCUT2D eigenvalue weighted by Crippen LogP contribution is -2.43. The first-order valence-electron chi connectivity index (χ1n) is 4.30. The molecule has 0 aliphatic carbocycles. The highest BCUT2D eigenvalue weighted by atomic mass is 16.3. The van der Waals surface area contributed by atoms with E-state index in [2.05, 4.69) is 0 Å². The topological polar surface area (TPSA) is 101 Å². The molecule has 0 bridgehead atoms. The van der Waals surface area contributed by atoms with Crippen LogP contribution in [-0.4, -0.2) is 57.6 Å². The molecular formula is C8H18O5. The Labute approximate surface area is 77.3 Å². The predicted molar refractivity (Wildman–Crippen MR) is 46.0 cm³/mol. The largest absolute Gasteiger partial charge is 0.396 e. The molecule has 0 radical (unpaired) electrons. The summed E-state index contributed by atoms with van der Waals surface area (Å²) in [6.45, 7) is -1.22. The first-order chi connectivity index (χ1) is 6.14. The van der Waals surface area contributed by atoms with E-state index in [-0.39, 0.29) is 39.3 Å². The fourth-order valence-electron chi connectivity index (χ4n) is 1.32. The van der Waals surface area contributed by atoms with Gasteiger partial charge in [0, 0.05) is 19.1 Å². The third-order valence-corrected chi connectivity index (χ3v) is 2.29. The molecule has 13 heavy (non-hydrogen) atoms. The molecule has 0 spiro atoms. The van der Waals surface area contributed by atoms with Crippen LogP contribution in [0, 0.1) is 5.92 Å². The molecule has 5 heteroatoms. The number of hydrogen-bond acceptors (Lipinski definition) is 5. The fraction of sp³-hybridized carbons (Fsp3) is 1.00. The standard InChI is InChI=1S/C8H18O5/c9-3-1-8(13,2-4-10)7(5-11)6-12/h7,9-13H,1-6H2. The van der Waals surface area contributed by atoms with Crippen LogP contribution in [0.2, 0.25) is 0 Å². The smallest absolute Gasteiger partial charge is 0.0763 e. The average molecular weight is 194 g/mol. The van der Waals surface area contributed by atoms with E-state index in [1.54, 1.807) is 0 Å². The van der Waals surface area contributed by atoms with E-state index in [4.69, 9.17) is 20.4 Å². The number of aliphatic hydroxyl groups is 5. The van der Waals surface area contributed by atoms with Crippen LogP contribution in [0.25, 0.3) is 0 Å². The molecule has 0 amide bonds. The molecule has 0 aliphatic rings. The van der Waals surface area contributed by atoms with E-state index in [9.17, 15) is 5.11 Å². The van der Waals surface area contributed by atoms with Crippen LogP contribution in [0.1, 0.15) is 12.8 Å². The average Bonchev–Trinajstić information content (AvgIpc) is 2.07. The maximum atomic E-state index is 9.83. The summed E-state index contributed by atoms with van der Waals surface area (Å²) < 4.78 is 0. The number of aliphatic hydroxyl groups excluding tert-OH is 4. The van der Waals surface area contributed by atoms with Crippen LogP contribution in [0.3, 0.4) is 0 Å². The monoisotopic (exact) mass is 194 g/mol. The van der Waals surface area contributed by atoms with Crippen molar-refractivity contribution in [1.82, 2.24) is 0 Å². The zero-order chi connectivity index (χ0) is 10.3. The summed E-state index contributed by atoms with van der Waals surface area (Å²) in [6, 6.07) is 0. The molecule has 0 fully saturated rings. The Morgan fingerprint density at radius 1 is 0.846 bits per heavy atom. The van der Waals surface area contributed by atoms with Gasteiger partial charge in [0.05, 0.1) is 18.8 Å². The quantitative estimate of drug-likeness (QED) is 0.325. The summed E-state index contributed by atoms with van der Waals surface area (Å²) >= 11 is 0. The summed E-state index contributed by atoms with van der Waals surface area (Å²) in [6.07, 6.45) is 0.0820. The lowest BCUT2D eigenvalue weighted by Gasteiger charge is -2.33. The minimum Gasteiger partial charge on any atom is -0.396 e. The van der Waals surface area contributed by atoms with E-state index in [1.165, 1.54) is 0 Å². The molecule has 0 unspecified atom stereocenters. The second-order valence-corrected chi connectivity index (χ2v) is 3.11. The summed E-state index contributed by atoms with van der Waals surface area (Å²) in [5.74, 6) is -0.716. The van der Waals surface area contributed by atoms with Crippen molar-refractivity contribution in [1.29, 1.82) is 0 Å². The van der Waals surface area contributed by atoms with Crippen LogP contribution < -0.4 is 0 Å². The van der Waals surface area contributed by atoms with Crippen molar-refractivity contribution in [3.63, 3.8) is 0 Å². The van der Waals surface area contributed by atoms with Crippen LogP contribution in [-0.2, 0) is 0 Å². The van der Waals surface area contributed by atoms with Crippen LogP contribution >= 0.6 is 0 Å².